The molecule has 5 N–H and O–H groups in total. The number of rotatable bonds is 9. The largest absolute Gasteiger partial charge is 0.368 e. The molecule has 0 unspecified atom stereocenters. The highest BCUT2D eigenvalue weighted by Gasteiger charge is 2.20. The lowest BCUT2D eigenvalue weighted by Gasteiger charge is -2.10. The molecule has 0 aliphatic rings. The van der Waals surface area contributed by atoms with Crippen molar-refractivity contribution in [2.24, 2.45) is 0 Å². The molecule has 0 fully saturated rings. The fourth-order valence-electron chi connectivity index (χ4n) is 3.16. The van der Waals surface area contributed by atoms with Crippen LogP contribution in [0.4, 0.5) is 23.5 Å². The number of aromatic nitrogens is 3. The van der Waals surface area contributed by atoms with E-state index < -0.39 is 20.2 Å². The number of nitrogens with zero attached hydrogens (tertiary/aromatic N) is 3. The van der Waals surface area contributed by atoms with Crippen molar-refractivity contribution in [2.45, 2.75) is 9.79 Å². The Morgan fingerprint density at radius 1 is 0.730 bits per heavy atom. The van der Waals surface area contributed by atoms with Crippen LogP contribution in [0.3, 0.4) is 0 Å². The van der Waals surface area contributed by atoms with Crippen molar-refractivity contribution >= 4 is 55.9 Å². The molecule has 0 spiro atoms. The molecule has 0 radical (unpaired) electrons. The van der Waals surface area contributed by atoms with Crippen LogP contribution in [0.5, 0.6) is 0 Å². The van der Waals surface area contributed by atoms with E-state index in [-0.39, 0.29) is 38.8 Å². The lowest BCUT2D eigenvalue weighted by atomic mass is 10.1. The second kappa shape index (κ2) is 10.7. The SMILES string of the molecule is Nc1nc(NOS(=O)(=O)c2ccccc2C=Cc2ccccc2S(=O)(=O)O)nc(Nc2ccccc2)n1. The fraction of sp³-hybridized carbons (Fsp3) is 0. The van der Waals surface area contributed by atoms with E-state index in [1.807, 2.05) is 6.07 Å². The number of nitrogens with one attached hydrogen (secondary N) is 2. The van der Waals surface area contributed by atoms with E-state index in [0.717, 1.165) is 0 Å². The van der Waals surface area contributed by atoms with Gasteiger partial charge in [0.05, 0.1) is 0 Å². The minimum Gasteiger partial charge on any atom is -0.368 e. The second-order valence-corrected chi connectivity index (χ2v) is 10.3. The summed E-state index contributed by atoms with van der Waals surface area (Å²) in [4.78, 5) is 11.3. The molecule has 0 aliphatic heterocycles. The quantitative estimate of drug-likeness (QED) is 0.138. The number of hydrogen-bond acceptors (Lipinski definition) is 11. The predicted octanol–water partition coefficient (Wildman–Crippen LogP) is 3.35. The van der Waals surface area contributed by atoms with E-state index in [1.54, 1.807) is 36.4 Å². The highest BCUT2D eigenvalue weighted by atomic mass is 32.2. The molecule has 14 heteroatoms. The van der Waals surface area contributed by atoms with Crippen LogP contribution in [-0.4, -0.2) is 36.3 Å². The van der Waals surface area contributed by atoms with Crippen LogP contribution in [0.1, 0.15) is 11.1 Å². The van der Waals surface area contributed by atoms with Gasteiger partial charge in [-0.05, 0) is 35.4 Å². The van der Waals surface area contributed by atoms with Crippen molar-refractivity contribution in [2.75, 3.05) is 16.5 Å². The van der Waals surface area contributed by atoms with Crippen molar-refractivity contribution in [3.05, 3.63) is 90.0 Å². The molecule has 37 heavy (non-hydrogen) atoms. The Kier molecular flexibility index (Phi) is 7.45. The molecule has 0 bridgehead atoms. The molecule has 0 amide bonds. The molecule has 190 valence electrons. The van der Waals surface area contributed by atoms with Crippen molar-refractivity contribution in [3.8, 4) is 0 Å². The smallest absolute Gasteiger partial charge is 0.318 e. The highest BCUT2D eigenvalue weighted by Crippen LogP contribution is 2.23. The van der Waals surface area contributed by atoms with Gasteiger partial charge in [-0.1, -0.05) is 66.7 Å². The normalized spacial score (nSPS) is 11.9. The molecular formula is C23H20N6O6S2. The fourth-order valence-corrected chi connectivity index (χ4v) is 4.79. The Hall–Kier alpha value is -4.37. The summed E-state index contributed by atoms with van der Waals surface area (Å²) >= 11 is 0. The van der Waals surface area contributed by atoms with Crippen molar-refractivity contribution in [3.63, 3.8) is 0 Å². The second-order valence-electron chi connectivity index (χ2n) is 7.36. The summed E-state index contributed by atoms with van der Waals surface area (Å²) < 4.78 is 63.5. The average molecular weight is 541 g/mol. The first kappa shape index (κ1) is 25.7. The van der Waals surface area contributed by atoms with Gasteiger partial charge in [-0.3, -0.25) is 4.55 Å². The number of anilines is 4. The van der Waals surface area contributed by atoms with Crippen LogP contribution in [0.15, 0.2) is 88.7 Å². The molecule has 0 saturated heterocycles. The first-order valence-electron chi connectivity index (χ1n) is 10.5. The average Bonchev–Trinajstić information content (AvgIpc) is 2.86. The van der Waals surface area contributed by atoms with Crippen LogP contribution in [0.2, 0.25) is 0 Å². The molecule has 0 atom stereocenters. The van der Waals surface area contributed by atoms with E-state index in [2.05, 4.69) is 25.7 Å². The summed E-state index contributed by atoms with van der Waals surface area (Å²) in [6, 6.07) is 20.6. The van der Waals surface area contributed by atoms with Gasteiger partial charge in [0.2, 0.25) is 11.9 Å². The van der Waals surface area contributed by atoms with Gasteiger partial charge in [0.1, 0.15) is 9.79 Å². The van der Waals surface area contributed by atoms with Gasteiger partial charge in [0.15, 0.2) is 0 Å². The van der Waals surface area contributed by atoms with E-state index in [0.29, 0.717) is 5.69 Å². The lowest BCUT2D eigenvalue weighted by Crippen LogP contribution is -2.16. The van der Waals surface area contributed by atoms with Gasteiger partial charge in [-0.15, -0.1) is 4.28 Å². The Balaban J connectivity index is 1.56. The number of para-hydroxylation sites is 1. The molecular weight excluding hydrogens is 520 g/mol. The minimum atomic E-state index is -4.48. The topological polar surface area (TPSA) is 186 Å². The third-order valence-corrected chi connectivity index (χ3v) is 6.89. The first-order chi connectivity index (χ1) is 17.6. The van der Waals surface area contributed by atoms with Gasteiger partial charge in [0, 0.05) is 5.69 Å². The zero-order valence-electron chi connectivity index (χ0n) is 18.9. The summed E-state index contributed by atoms with van der Waals surface area (Å²) in [5.41, 5.74) is 8.91. The third kappa shape index (κ3) is 6.65. The summed E-state index contributed by atoms with van der Waals surface area (Å²) in [5, 5.41) is 2.91. The summed E-state index contributed by atoms with van der Waals surface area (Å²) in [7, 11) is -8.89. The molecule has 12 nitrogen and oxygen atoms in total. The van der Waals surface area contributed by atoms with E-state index >= 15 is 0 Å². The molecule has 0 saturated carbocycles. The standard InChI is InChI=1S/C23H20N6O6S2/c24-21-26-22(25-18-10-2-1-3-11-18)28-23(27-21)29-35-37(33,34)20-13-7-5-9-17(20)15-14-16-8-4-6-12-19(16)36(30,31)32/h1-15H,(H,30,31,32)(H4,24,25,26,27,28,29). The lowest BCUT2D eigenvalue weighted by molar-refractivity contribution is 0.386. The Morgan fingerprint density at radius 2 is 1.27 bits per heavy atom. The Labute approximate surface area is 212 Å². The predicted molar refractivity (Wildman–Crippen MR) is 137 cm³/mol. The highest BCUT2D eigenvalue weighted by molar-refractivity contribution is 7.87. The molecule has 1 aromatic heterocycles. The maximum atomic E-state index is 13.0. The van der Waals surface area contributed by atoms with Gasteiger partial charge in [-0.25, -0.2) is 5.48 Å². The van der Waals surface area contributed by atoms with E-state index in [1.165, 1.54) is 48.6 Å². The van der Waals surface area contributed by atoms with Gasteiger partial charge in [-0.2, -0.15) is 31.8 Å². The zero-order valence-corrected chi connectivity index (χ0v) is 20.5. The van der Waals surface area contributed by atoms with Crippen LogP contribution >= 0.6 is 0 Å². The van der Waals surface area contributed by atoms with Crippen LogP contribution < -0.4 is 16.5 Å². The van der Waals surface area contributed by atoms with Crippen molar-refractivity contribution < 1.29 is 25.7 Å². The van der Waals surface area contributed by atoms with Crippen LogP contribution in [-0.2, 0) is 24.5 Å². The molecule has 1 heterocycles. The maximum Gasteiger partial charge on any atom is 0.318 e. The molecule has 4 aromatic rings. The number of nitrogen functional groups attached to an aromatic ring is 1. The van der Waals surface area contributed by atoms with Crippen molar-refractivity contribution in [1.29, 1.82) is 0 Å². The first-order valence-corrected chi connectivity index (χ1v) is 13.3. The van der Waals surface area contributed by atoms with E-state index in [4.69, 9.17) is 10.0 Å². The van der Waals surface area contributed by atoms with Gasteiger partial charge in [0.25, 0.3) is 16.1 Å². The van der Waals surface area contributed by atoms with Crippen molar-refractivity contribution in [1.82, 2.24) is 15.0 Å². The Morgan fingerprint density at radius 3 is 1.92 bits per heavy atom. The van der Waals surface area contributed by atoms with Gasteiger partial charge < -0.3 is 11.1 Å². The Bertz CT molecular complexity index is 1660. The minimum absolute atomic E-state index is 0.0584. The summed E-state index contributed by atoms with van der Waals surface area (Å²) in [6.07, 6.45) is 2.74. The van der Waals surface area contributed by atoms with Crippen LogP contribution in [0, 0.1) is 0 Å². The molecule has 4 rings (SSSR count). The maximum absolute atomic E-state index is 13.0. The molecule has 3 aromatic carbocycles. The van der Waals surface area contributed by atoms with E-state index in [9.17, 15) is 21.4 Å². The number of nitrogens with two attached hydrogens (primary N) is 1. The number of hydrogen-bond donors (Lipinski definition) is 4. The van der Waals surface area contributed by atoms with Gasteiger partial charge >= 0.3 is 10.1 Å². The third-order valence-electron chi connectivity index (χ3n) is 4.75. The summed E-state index contributed by atoms with van der Waals surface area (Å²) in [6.45, 7) is 0. The molecule has 0 aliphatic carbocycles. The monoisotopic (exact) mass is 540 g/mol. The van der Waals surface area contributed by atoms with Crippen LogP contribution in [0.25, 0.3) is 12.2 Å². The number of benzene rings is 3. The zero-order chi connectivity index (χ0) is 26.5. The summed E-state index contributed by atoms with van der Waals surface area (Å²) in [5.74, 6) is -0.384.